The second-order valence-corrected chi connectivity index (χ2v) is 5.77. The number of aryl methyl sites for hydroxylation is 3. The molecule has 0 spiro atoms. The molecule has 5 nitrogen and oxygen atoms in total. The van der Waals surface area contributed by atoms with Crippen LogP contribution in [0.3, 0.4) is 0 Å². The number of nitrogens with two attached hydrogens (primary N) is 1. The van der Waals surface area contributed by atoms with Crippen LogP contribution in [0.2, 0.25) is 0 Å². The lowest BCUT2D eigenvalue weighted by Gasteiger charge is -2.13. The summed E-state index contributed by atoms with van der Waals surface area (Å²) in [6, 6.07) is -0.0270. The summed E-state index contributed by atoms with van der Waals surface area (Å²) in [5.41, 5.74) is 10.9. The van der Waals surface area contributed by atoms with Gasteiger partial charge in [-0.2, -0.15) is 10.2 Å². The third-order valence-electron chi connectivity index (χ3n) is 3.65. The fraction of sp³-hybridized carbons (Fsp3) is 0.538. The van der Waals surface area contributed by atoms with Gasteiger partial charge in [0.25, 0.3) is 0 Å². The van der Waals surface area contributed by atoms with E-state index in [0.29, 0.717) is 0 Å². The van der Waals surface area contributed by atoms with Gasteiger partial charge in [0, 0.05) is 25.8 Å². The molecule has 1 unspecified atom stereocenters. The predicted molar refractivity (Wildman–Crippen MR) is 78.8 cm³/mol. The fourth-order valence-electron chi connectivity index (χ4n) is 2.45. The van der Waals surface area contributed by atoms with E-state index in [1.54, 1.807) is 6.20 Å². The molecule has 0 fully saturated rings. The van der Waals surface area contributed by atoms with Gasteiger partial charge in [-0.25, -0.2) is 0 Å². The zero-order valence-electron chi connectivity index (χ0n) is 11.8. The van der Waals surface area contributed by atoms with E-state index >= 15 is 0 Å². The molecule has 19 heavy (non-hydrogen) atoms. The first-order valence-corrected chi connectivity index (χ1v) is 7.13. The van der Waals surface area contributed by atoms with Crippen molar-refractivity contribution in [3.63, 3.8) is 0 Å². The van der Waals surface area contributed by atoms with Crippen molar-refractivity contribution in [2.45, 2.75) is 32.7 Å². The number of halogens is 1. The number of aromatic nitrogens is 4. The van der Waals surface area contributed by atoms with Gasteiger partial charge in [-0.05, 0) is 48.2 Å². The van der Waals surface area contributed by atoms with Crippen molar-refractivity contribution < 1.29 is 0 Å². The summed E-state index contributed by atoms with van der Waals surface area (Å²) in [6.07, 6.45) is 3.60. The third-order valence-corrected chi connectivity index (χ3v) is 4.26. The summed E-state index contributed by atoms with van der Waals surface area (Å²) in [5, 5.41) is 8.64. The van der Waals surface area contributed by atoms with E-state index in [-0.39, 0.29) is 6.04 Å². The Hall–Kier alpha value is -1.14. The van der Waals surface area contributed by atoms with Crippen LogP contribution in [0, 0.1) is 13.8 Å². The topological polar surface area (TPSA) is 61.7 Å². The molecule has 0 aliphatic carbocycles. The van der Waals surface area contributed by atoms with Crippen LogP contribution in [0.4, 0.5) is 0 Å². The van der Waals surface area contributed by atoms with Crippen molar-refractivity contribution in [1.82, 2.24) is 19.6 Å². The first-order chi connectivity index (χ1) is 8.91. The van der Waals surface area contributed by atoms with Gasteiger partial charge in [0.15, 0.2) is 0 Å². The summed E-state index contributed by atoms with van der Waals surface area (Å²) in [4.78, 5) is 0. The Balaban J connectivity index is 2.11. The van der Waals surface area contributed by atoms with Gasteiger partial charge >= 0.3 is 0 Å². The van der Waals surface area contributed by atoms with E-state index in [9.17, 15) is 0 Å². The molecular formula is C13H20BrN5. The number of hydrogen-bond acceptors (Lipinski definition) is 3. The molecule has 6 heteroatoms. The van der Waals surface area contributed by atoms with Crippen LogP contribution < -0.4 is 5.73 Å². The van der Waals surface area contributed by atoms with Crippen LogP contribution in [0.1, 0.15) is 35.1 Å². The Morgan fingerprint density at radius 3 is 2.47 bits per heavy atom. The molecule has 0 aliphatic rings. The zero-order valence-corrected chi connectivity index (χ0v) is 13.4. The molecule has 0 saturated heterocycles. The molecule has 0 aromatic carbocycles. The fourth-order valence-corrected chi connectivity index (χ4v) is 3.10. The van der Waals surface area contributed by atoms with E-state index in [4.69, 9.17) is 5.73 Å². The average molecular weight is 326 g/mol. The molecule has 0 amide bonds. The molecule has 0 aliphatic heterocycles. The second-order valence-electron chi connectivity index (χ2n) is 4.92. The first kappa shape index (κ1) is 14.3. The maximum absolute atomic E-state index is 6.28. The summed E-state index contributed by atoms with van der Waals surface area (Å²) >= 11 is 3.50. The lowest BCUT2D eigenvalue weighted by atomic mass is 10.0. The van der Waals surface area contributed by atoms with Crippen molar-refractivity contribution in [2.24, 2.45) is 19.8 Å². The molecular weight excluding hydrogens is 306 g/mol. The van der Waals surface area contributed by atoms with Gasteiger partial charge in [-0.15, -0.1) is 0 Å². The molecule has 1 atom stereocenters. The highest BCUT2D eigenvalue weighted by molar-refractivity contribution is 9.10. The smallest absolute Gasteiger partial charge is 0.0690 e. The molecule has 0 saturated carbocycles. The summed E-state index contributed by atoms with van der Waals surface area (Å²) in [5.74, 6) is 0. The summed E-state index contributed by atoms with van der Waals surface area (Å²) < 4.78 is 4.73. The average Bonchev–Trinajstić information content (AvgIpc) is 2.79. The van der Waals surface area contributed by atoms with Crippen LogP contribution in [0.5, 0.6) is 0 Å². The molecule has 0 bridgehead atoms. The van der Waals surface area contributed by atoms with Crippen molar-refractivity contribution in [1.29, 1.82) is 0 Å². The lowest BCUT2D eigenvalue weighted by molar-refractivity contribution is 0.578. The second kappa shape index (κ2) is 5.46. The number of hydrogen-bond donors (Lipinski definition) is 1. The monoisotopic (exact) mass is 325 g/mol. The van der Waals surface area contributed by atoms with Crippen LogP contribution in [0.25, 0.3) is 0 Å². The van der Waals surface area contributed by atoms with E-state index in [2.05, 4.69) is 33.1 Å². The van der Waals surface area contributed by atoms with E-state index in [1.165, 1.54) is 11.3 Å². The Morgan fingerprint density at radius 1 is 1.32 bits per heavy atom. The van der Waals surface area contributed by atoms with Crippen LogP contribution in [-0.2, 0) is 20.5 Å². The van der Waals surface area contributed by atoms with Crippen LogP contribution >= 0.6 is 15.9 Å². The molecule has 2 aromatic rings. The lowest BCUT2D eigenvalue weighted by Crippen LogP contribution is -2.16. The normalized spacial score (nSPS) is 12.9. The van der Waals surface area contributed by atoms with Crippen LogP contribution in [0.15, 0.2) is 10.7 Å². The molecule has 2 heterocycles. The SMILES string of the molecule is Cc1nn(C)c(C)c1CCC(N)c1c(Br)cnn1C. The highest BCUT2D eigenvalue weighted by Gasteiger charge is 2.17. The zero-order chi connectivity index (χ0) is 14.2. The Morgan fingerprint density at radius 2 is 2.00 bits per heavy atom. The van der Waals surface area contributed by atoms with E-state index in [0.717, 1.165) is 28.7 Å². The molecule has 2 rings (SSSR count). The third kappa shape index (κ3) is 2.74. The quantitative estimate of drug-likeness (QED) is 0.937. The van der Waals surface area contributed by atoms with Gasteiger partial charge in [-0.1, -0.05) is 0 Å². The maximum atomic E-state index is 6.28. The van der Waals surface area contributed by atoms with Gasteiger partial charge in [0.2, 0.25) is 0 Å². The van der Waals surface area contributed by atoms with Gasteiger partial charge in [0.05, 0.1) is 22.1 Å². The van der Waals surface area contributed by atoms with Crippen molar-refractivity contribution in [3.8, 4) is 0 Å². The predicted octanol–water partition coefficient (Wildman–Crippen LogP) is 2.17. The van der Waals surface area contributed by atoms with Gasteiger partial charge < -0.3 is 5.73 Å². The minimum atomic E-state index is -0.0270. The minimum absolute atomic E-state index is 0.0270. The molecule has 0 radical (unpaired) electrons. The standard InChI is InChI=1S/C13H20BrN5/c1-8-10(9(2)18(3)17-8)5-6-12(15)13-11(14)7-16-19(13)4/h7,12H,5-6,15H2,1-4H3. The van der Waals surface area contributed by atoms with Gasteiger partial charge in [0.1, 0.15) is 0 Å². The Bertz CT molecular complexity index is 565. The van der Waals surface area contributed by atoms with E-state index in [1.807, 2.05) is 30.4 Å². The van der Waals surface area contributed by atoms with Crippen molar-refractivity contribution in [2.75, 3.05) is 0 Å². The minimum Gasteiger partial charge on any atom is -0.323 e. The summed E-state index contributed by atoms with van der Waals surface area (Å²) in [7, 11) is 3.89. The largest absolute Gasteiger partial charge is 0.323 e. The number of nitrogens with zero attached hydrogens (tertiary/aromatic N) is 4. The summed E-state index contributed by atoms with van der Waals surface area (Å²) in [6.45, 7) is 4.15. The molecule has 2 N–H and O–H groups in total. The highest BCUT2D eigenvalue weighted by atomic mass is 79.9. The highest BCUT2D eigenvalue weighted by Crippen LogP contribution is 2.25. The maximum Gasteiger partial charge on any atom is 0.0690 e. The van der Waals surface area contributed by atoms with Crippen molar-refractivity contribution >= 4 is 15.9 Å². The van der Waals surface area contributed by atoms with Crippen molar-refractivity contribution in [3.05, 3.63) is 33.3 Å². The Kier molecular flexibility index (Phi) is 4.10. The molecule has 2 aromatic heterocycles. The van der Waals surface area contributed by atoms with Gasteiger partial charge in [-0.3, -0.25) is 9.36 Å². The van der Waals surface area contributed by atoms with Crippen LogP contribution in [-0.4, -0.2) is 19.6 Å². The van der Waals surface area contributed by atoms with E-state index < -0.39 is 0 Å². The molecule has 104 valence electrons. The number of rotatable bonds is 4. The first-order valence-electron chi connectivity index (χ1n) is 6.33. The Labute approximate surface area is 121 Å².